The quantitative estimate of drug-likeness (QED) is 0.796. The molecule has 0 amide bonds. The van der Waals surface area contributed by atoms with E-state index in [4.69, 9.17) is 4.74 Å². The van der Waals surface area contributed by atoms with Crippen molar-refractivity contribution in [2.24, 2.45) is 5.92 Å². The molecule has 0 aliphatic heterocycles. The Morgan fingerprint density at radius 3 is 2.72 bits per heavy atom. The van der Waals surface area contributed by atoms with Gasteiger partial charge in [0.2, 0.25) is 0 Å². The lowest BCUT2D eigenvalue weighted by molar-refractivity contribution is 0.0645. The molecule has 1 aromatic carbocycles. The van der Waals surface area contributed by atoms with Crippen molar-refractivity contribution in [3.05, 3.63) is 39.1 Å². The second kappa shape index (κ2) is 5.95. The second-order valence-electron chi connectivity index (χ2n) is 4.48. The Labute approximate surface area is 120 Å². The van der Waals surface area contributed by atoms with Crippen LogP contribution in [0.3, 0.4) is 0 Å². The normalized spacial score (nSPS) is 12.9. The average Bonchev–Trinajstić information content (AvgIpc) is 2.79. The maximum Gasteiger partial charge on any atom is 0.122 e. The molecule has 0 aliphatic carbocycles. The van der Waals surface area contributed by atoms with E-state index in [1.807, 2.05) is 12.1 Å². The van der Waals surface area contributed by atoms with E-state index in [1.165, 1.54) is 0 Å². The van der Waals surface area contributed by atoms with E-state index in [0.717, 1.165) is 20.7 Å². The second-order valence-corrected chi connectivity index (χ2v) is 6.29. The third-order valence-corrected chi connectivity index (χ3v) is 4.14. The van der Waals surface area contributed by atoms with Gasteiger partial charge >= 0.3 is 0 Å². The van der Waals surface area contributed by atoms with E-state index in [-0.39, 0.29) is 6.10 Å². The summed E-state index contributed by atoms with van der Waals surface area (Å²) in [6, 6.07) is 8.19. The van der Waals surface area contributed by atoms with Gasteiger partial charge in [-0.1, -0.05) is 41.9 Å². The molecular formula is C14H16BrNOS. The van der Waals surface area contributed by atoms with Crippen molar-refractivity contribution in [1.29, 1.82) is 0 Å². The number of rotatable bonds is 4. The van der Waals surface area contributed by atoms with Crippen LogP contribution >= 0.6 is 27.3 Å². The maximum absolute atomic E-state index is 5.51. The first-order valence-electron chi connectivity index (χ1n) is 5.86. The molecular weight excluding hydrogens is 310 g/mol. The highest BCUT2D eigenvalue weighted by Gasteiger charge is 2.19. The molecule has 1 atom stereocenters. The van der Waals surface area contributed by atoms with Crippen molar-refractivity contribution < 1.29 is 4.74 Å². The number of aromatic nitrogens is 1. The fourth-order valence-electron chi connectivity index (χ4n) is 1.86. The fourth-order valence-corrected chi connectivity index (χ4v) is 3.33. The van der Waals surface area contributed by atoms with Gasteiger partial charge < -0.3 is 4.74 Å². The van der Waals surface area contributed by atoms with E-state index >= 15 is 0 Å². The van der Waals surface area contributed by atoms with Crippen LogP contribution in [0, 0.1) is 5.92 Å². The van der Waals surface area contributed by atoms with Crippen LogP contribution in [0.4, 0.5) is 0 Å². The summed E-state index contributed by atoms with van der Waals surface area (Å²) in [5.41, 5.74) is 2.14. The number of benzene rings is 1. The SMILES string of the molecule is COC(c1nc(-c2cccc(Br)c2)cs1)C(C)C. The molecule has 0 spiro atoms. The molecule has 0 N–H and O–H groups in total. The van der Waals surface area contributed by atoms with Gasteiger partial charge in [0.25, 0.3) is 0 Å². The van der Waals surface area contributed by atoms with Gasteiger partial charge in [-0.05, 0) is 18.1 Å². The van der Waals surface area contributed by atoms with Gasteiger partial charge in [0.1, 0.15) is 11.1 Å². The Bertz CT molecular complexity index is 524. The summed E-state index contributed by atoms with van der Waals surface area (Å²) >= 11 is 5.14. The van der Waals surface area contributed by atoms with Crippen LogP contribution in [0.25, 0.3) is 11.3 Å². The van der Waals surface area contributed by atoms with Crippen LogP contribution in [0.15, 0.2) is 34.1 Å². The molecule has 0 fully saturated rings. The van der Waals surface area contributed by atoms with Gasteiger partial charge in [0.05, 0.1) is 5.69 Å². The van der Waals surface area contributed by atoms with Gasteiger partial charge in [0, 0.05) is 22.5 Å². The topological polar surface area (TPSA) is 22.1 Å². The molecule has 2 aromatic rings. The van der Waals surface area contributed by atoms with Gasteiger partial charge in [-0.15, -0.1) is 11.3 Å². The third kappa shape index (κ3) is 2.99. The van der Waals surface area contributed by atoms with Crippen molar-refractivity contribution in [1.82, 2.24) is 4.98 Å². The highest BCUT2D eigenvalue weighted by Crippen LogP contribution is 2.31. The zero-order valence-electron chi connectivity index (χ0n) is 10.7. The van der Waals surface area contributed by atoms with Gasteiger partial charge in [0.15, 0.2) is 0 Å². The van der Waals surface area contributed by atoms with Gasteiger partial charge in [-0.2, -0.15) is 0 Å². The van der Waals surface area contributed by atoms with Gasteiger partial charge in [-0.3, -0.25) is 0 Å². The lowest BCUT2D eigenvalue weighted by Gasteiger charge is -2.15. The van der Waals surface area contributed by atoms with Gasteiger partial charge in [-0.25, -0.2) is 4.98 Å². The molecule has 1 unspecified atom stereocenters. The molecule has 0 saturated heterocycles. The van der Waals surface area contributed by atoms with E-state index in [0.29, 0.717) is 5.92 Å². The minimum Gasteiger partial charge on any atom is -0.374 e. The molecule has 0 bridgehead atoms. The summed E-state index contributed by atoms with van der Waals surface area (Å²) in [4.78, 5) is 4.69. The number of ether oxygens (including phenoxy) is 1. The monoisotopic (exact) mass is 325 g/mol. The number of thiazole rings is 1. The van der Waals surface area contributed by atoms with Crippen LogP contribution in [0.2, 0.25) is 0 Å². The number of hydrogen-bond acceptors (Lipinski definition) is 3. The number of hydrogen-bond donors (Lipinski definition) is 0. The summed E-state index contributed by atoms with van der Waals surface area (Å²) in [5, 5.41) is 3.13. The standard InChI is InChI=1S/C14H16BrNOS/c1-9(2)13(17-3)14-16-12(8-18-14)10-5-4-6-11(15)7-10/h4-9,13H,1-3H3. The van der Waals surface area contributed by atoms with E-state index in [9.17, 15) is 0 Å². The molecule has 1 heterocycles. The Morgan fingerprint density at radius 2 is 2.11 bits per heavy atom. The fraction of sp³-hybridized carbons (Fsp3) is 0.357. The van der Waals surface area contributed by atoms with E-state index in [1.54, 1.807) is 18.4 Å². The Kier molecular flexibility index (Phi) is 4.54. The first-order valence-corrected chi connectivity index (χ1v) is 7.53. The minimum atomic E-state index is 0.0795. The minimum absolute atomic E-state index is 0.0795. The zero-order valence-corrected chi connectivity index (χ0v) is 13.1. The van der Waals surface area contributed by atoms with Crippen molar-refractivity contribution >= 4 is 27.3 Å². The molecule has 0 radical (unpaired) electrons. The van der Waals surface area contributed by atoms with Crippen LogP contribution < -0.4 is 0 Å². The number of methoxy groups -OCH3 is 1. The first-order chi connectivity index (χ1) is 8.61. The molecule has 2 nitrogen and oxygen atoms in total. The largest absolute Gasteiger partial charge is 0.374 e. The van der Waals surface area contributed by atoms with Crippen molar-refractivity contribution in [3.63, 3.8) is 0 Å². The molecule has 0 aliphatic rings. The molecule has 2 rings (SSSR count). The van der Waals surface area contributed by atoms with Crippen molar-refractivity contribution in [2.45, 2.75) is 20.0 Å². The Hall–Kier alpha value is -0.710. The number of nitrogens with zero attached hydrogens (tertiary/aromatic N) is 1. The summed E-state index contributed by atoms with van der Waals surface area (Å²) in [6.07, 6.45) is 0.0795. The summed E-state index contributed by atoms with van der Waals surface area (Å²) in [5.74, 6) is 0.427. The summed E-state index contributed by atoms with van der Waals surface area (Å²) in [7, 11) is 1.74. The van der Waals surface area contributed by atoms with Crippen LogP contribution in [0.1, 0.15) is 25.0 Å². The first kappa shape index (κ1) is 13.7. The summed E-state index contributed by atoms with van der Waals surface area (Å²) < 4.78 is 6.58. The predicted octanol–water partition coefficient (Wildman–Crippen LogP) is 4.92. The van der Waals surface area contributed by atoms with Crippen molar-refractivity contribution in [3.8, 4) is 11.3 Å². The Morgan fingerprint density at radius 1 is 1.33 bits per heavy atom. The molecule has 96 valence electrons. The van der Waals surface area contributed by atoms with Crippen LogP contribution in [-0.4, -0.2) is 12.1 Å². The third-order valence-electron chi connectivity index (χ3n) is 2.75. The molecule has 1 aromatic heterocycles. The van der Waals surface area contributed by atoms with Crippen LogP contribution in [-0.2, 0) is 4.74 Å². The van der Waals surface area contributed by atoms with Crippen LogP contribution in [0.5, 0.6) is 0 Å². The molecule has 4 heteroatoms. The molecule has 0 saturated carbocycles. The predicted molar refractivity (Wildman–Crippen MR) is 79.8 cm³/mol. The van der Waals surface area contributed by atoms with E-state index < -0.39 is 0 Å². The lowest BCUT2D eigenvalue weighted by Crippen LogP contribution is -2.08. The molecule has 18 heavy (non-hydrogen) atoms. The average molecular weight is 326 g/mol. The highest BCUT2D eigenvalue weighted by atomic mass is 79.9. The number of halogens is 1. The zero-order chi connectivity index (χ0) is 13.1. The summed E-state index contributed by atoms with van der Waals surface area (Å²) in [6.45, 7) is 4.29. The van der Waals surface area contributed by atoms with E-state index in [2.05, 4.69) is 52.3 Å². The highest BCUT2D eigenvalue weighted by molar-refractivity contribution is 9.10. The lowest BCUT2D eigenvalue weighted by atomic mass is 10.1. The van der Waals surface area contributed by atoms with Crippen molar-refractivity contribution in [2.75, 3.05) is 7.11 Å². The Balaban J connectivity index is 2.30. The smallest absolute Gasteiger partial charge is 0.122 e. The maximum atomic E-state index is 5.51.